The molecular formula is C19H14S. The van der Waals surface area contributed by atoms with Crippen LogP contribution in [0.3, 0.4) is 0 Å². The largest absolute Gasteiger partial charge is 0.0895 e. The first kappa shape index (κ1) is 11.8. The van der Waals surface area contributed by atoms with Gasteiger partial charge >= 0.3 is 0 Å². The Morgan fingerprint density at radius 2 is 1.40 bits per heavy atom. The van der Waals surface area contributed by atoms with Gasteiger partial charge < -0.3 is 0 Å². The fourth-order valence-electron chi connectivity index (χ4n) is 2.79. The second kappa shape index (κ2) is 4.84. The molecule has 0 bridgehead atoms. The predicted octanol–water partition coefficient (Wildman–Crippen LogP) is 5.41. The van der Waals surface area contributed by atoms with Gasteiger partial charge in [-0.1, -0.05) is 72.4 Å². The molecule has 0 N–H and O–H groups in total. The molecule has 0 fully saturated rings. The highest BCUT2D eigenvalue weighted by Crippen LogP contribution is 2.42. The summed E-state index contributed by atoms with van der Waals surface area (Å²) in [5.74, 6) is 0. The summed E-state index contributed by atoms with van der Waals surface area (Å²) >= 11 is 1.89. The van der Waals surface area contributed by atoms with Crippen LogP contribution in [0.2, 0.25) is 0 Å². The molecule has 3 aromatic carbocycles. The smallest absolute Gasteiger partial charge is 0.0164 e. The molecule has 1 heteroatoms. The summed E-state index contributed by atoms with van der Waals surface area (Å²) in [7, 11) is 0. The topological polar surface area (TPSA) is 0 Å². The molecule has 3 aromatic rings. The maximum atomic E-state index is 2.24. The van der Waals surface area contributed by atoms with Crippen LogP contribution in [-0.2, 0) is 6.42 Å². The van der Waals surface area contributed by atoms with Crippen LogP contribution in [0, 0.1) is 0 Å². The highest BCUT2D eigenvalue weighted by Gasteiger charge is 2.18. The third-order valence-corrected chi connectivity index (χ3v) is 5.00. The minimum Gasteiger partial charge on any atom is -0.0895 e. The van der Waals surface area contributed by atoms with Gasteiger partial charge in [0.15, 0.2) is 0 Å². The monoisotopic (exact) mass is 274 g/mol. The Balaban J connectivity index is 1.87. The molecule has 1 aliphatic rings. The van der Waals surface area contributed by atoms with Gasteiger partial charge in [-0.05, 0) is 34.4 Å². The molecule has 20 heavy (non-hydrogen) atoms. The number of benzene rings is 3. The number of hydrogen-bond acceptors (Lipinski definition) is 1. The average molecular weight is 274 g/mol. The molecule has 96 valence electrons. The second-order valence-corrected chi connectivity index (χ2v) is 6.12. The van der Waals surface area contributed by atoms with Gasteiger partial charge in [-0.3, -0.25) is 0 Å². The molecule has 0 unspecified atom stereocenters. The van der Waals surface area contributed by atoms with Crippen molar-refractivity contribution >= 4 is 11.8 Å². The van der Waals surface area contributed by atoms with E-state index in [1.165, 1.54) is 32.0 Å². The molecule has 0 radical (unpaired) electrons. The Morgan fingerprint density at radius 3 is 2.30 bits per heavy atom. The van der Waals surface area contributed by atoms with E-state index >= 15 is 0 Å². The number of fused-ring (bicyclic) bond motifs is 2. The Labute approximate surface area is 123 Å². The zero-order valence-electron chi connectivity index (χ0n) is 11.0. The lowest BCUT2D eigenvalue weighted by atomic mass is 9.94. The van der Waals surface area contributed by atoms with Gasteiger partial charge in [0, 0.05) is 16.2 Å². The van der Waals surface area contributed by atoms with Crippen molar-refractivity contribution in [1.29, 1.82) is 0 Å². The van der Waals surface area contributed by atoms with Gasteiger partial charge in [-0.2, -0.15) is 0 Å². The highest BCUT2D eigenvalue weighted by molar-refractivity contribution is 7.99. The summed E-state index contributed by atoms with van der Waals surface area (Å²) in [4.78, 5) is 2.79. The van der Waals surface area contributed by atoms with Crippen LogP contribution in [0.1, 0.15) is 11.1 Å². The fourth-order valence-corrected chi connectivity index (χ4v) is 3.90. The van der Waals surface area contributed by atoms with Gasteiger partial charge in [0.05, 0.1) is 0 Å². The maximum Gasteiger partial charge on any atom is 0.0164 e. The first-order chi connectivity index (χ1) is 9.92. The lowest BCUT2D eigenvalue weighted by molar-refractivity contribution is 1.06. The van der Waals surface area contributed by atoms with Gasteiger partial charge in [0.2, 0.25) is 0 Å². The summed E-state index contributed by atoms with van der Waals surface area (Å²) in [6.45, 7) is 0. The van der Waals surface area contributed by atoms with E-state index in [0.29, 0.717) is 0 Å². The molecule has 0 amide bonds. The highest BCUT2D eigenvalue weighted by atomic mass is 32.2. The van der Waals surface area contributed by atoms with Crippen LogP contribution >= 0.6 is 11.8 Å². The average Bonchev–Trinajstić information content (AvgIpc) is 2.53. The number of hydrogen-bond donors (Lipinski definition) is 0. The minimum absolute atomic E-state index is 1.03. The van der Waals surface area contributed by atoms with E-state index in [4.69, 9.17) is 0 Å². The SMILES string of the molecule is c1ccc(-c2cccc3c2Cc2ccccc2S3)cc1. The van der Waals surface area contributed by atoms with Crippen molar-refractivity contribution in [2.24, 2.45) is 0 Å². The quantitative estimate of drug-likeness (QED) is 0.447. The van der Waals surface area contributed by atoms with E-state index in [1.54, 1.807) is 0 Å². The summed E-state index contributed by atoms with van der Waals surface area (Å²) in [6, 6.07) is 26.0. The van der Waals surface area contributed by atoms with Gasteiger partial charge in [-0.15, -0.1) is 0 Å². The summed E-state index contributed by atoms with van der Waals surface area (Å²) in [5, 5.41) is 0. The third-order valence-electron chi connectivity index (χ3n) is 3.78. The van der Waals surface area contributed by atoms with Crippen LogP contribution < -0.4 is 0 Å². The Bertz CT molecular complexity index is 760. The normalized spacial score (nSPS) is 12.6. The molecule has 0 aromatic heterocycles. The Morgan fingerprint density at radius 1 is 0.650 bits per heavy atom. The lowest BCUT2D eigenvalue weighted by Crippen LogP contribution is -2.01. The zero-order valence-corrected chi connectivity index (χ0v) is 11.9. The molecular weight excluding hydrogens is 260 g/mol. The standard InChI is InChI=1S/C19H14S/c1-2-7-14(8-3-1)16-10-6-12-19-17(16)13-15-9-4-5-11-18(15)20-19/h1-12H,13H2. The summed E-state index contributed by atoms with van der Waals surface area (Å²) in [6.07, 6.45) is 1.03. The van der Waals surface area contributed by atoms with Gasteiger partial charge in [-0.25, -0.2) is 0 Å². The first-order valence-corrected chi connectivity index (χ1v) is 7.66. The van der Waals surface area contributed by atoms with Crippen molar-refractivity contribution in [2.45, 2.75) is 16.2 Å². The molecule has 1 heterocycles. The first-order valence-electron chi connectivity index (χ1n) is 6.85. The van der Waals surface area contributed by atoms with Crippen LogP contribution in [0.25, 0.3) is 11.1 Å². The van der Waals surface area contributed by atoms with E-state index in [-0.39, 0.29) is 0 Å². The molecule has 0 nitrogen and oxygen atoms in total. The zero-order chi connectivity index (χ0) is 13.4. The van der Waals surface area contributed by atoms with Crippen molar-refractivity contribution < 1.29 is 0 Å². The minimum atomic E-state index is 1.03. The van der Waals surface area contributed by atoms with Gasteiger partial charge in [0.1, 0.15) is 0 Å². The van der Waals surface area contributed by atoms with E-state index < -0.39 is 0 Å². The molecule has 0 spiro atoms. The van der Waals surface area contributed by atoms with Crippen molar-refractivity contribution in [3.05, 3.63) is 83.9 Å². The van der Waals surface area contributed by atoms with E-state index in [9.17, 15) is 0 Å². The summed E-state index contributed by atoms with van der Waals surface area (Å²) in [5.41, 5.74) is 5.57. The van der Waals surface area contributed by atoms with Crippen molar-refractivity contribution in [2.75, 3.05) is 0 Å². The molecule has 0 atom stereocenters. The van der Waals surface area contributed by atoms with Crippen LogP contribution in [0.15, 0.2) is 82.6 Å². The molecule has 0 saturated carbocycles. The molecule has 0 saturated heterocycles. The Kier molecular flexibility index (Phi) is 2.86. The van der Waals surface area contributed by atoms with Crippen LogP contribution in [0.5, 0.6) is 0 Å². The molecule has 4 rings (SSSR count). The molecule has 0 aliphatic carbocycles. The third kappa shape index (κ3) is 1.95. The number of rotatable bonds is 1. The second-order valence-electron chi connectivity index (χ2n) is 5.03. The van der Waals surface area contributed by atoms with Crippen LogP contribution in [-0.4, -0.2) is 0 Å². The van der Waals surface area contributed by atoms with Crippen LogP contribution in [0.4, 0.5) is 0 Å². The molecule has 1 aliphatic heterocycles. The van der Waals surface area contributed by atoms with E-state index in [1.807, 2.05) is 11.8 Å². The van der Waals surface area contributed by atoms with Crippen molar-refractivity contribution in [1.82, 2.24) is 0 Å². The summed E-state index contributed by atoms with van der Waals surface area (Å²) < 4.78 is 0. The maximum absolute atomic E-state index is 2.24. The predicted molar refractivity (Wildman–Crippen MR) is 85.2 cm³/mol. The fraction of sp³-hybridized carbons (Fsp3) is 0.0526. The lowest BCUT2D eigenvalue weighted by Gasteiger charge is -2.21. The van der Waals surface area contributed by atoms with Crippen molar-refractivity contribution in [3.8, 4) is 11.1 Å². The van der Waals surface area contributed by atoms with Crippen molar-refractivity contribution in [3.63, 3.8) is 0 Å². The van der Waals surface area contributed by atoms with Gasteiger partial charge in [0.25, 0.3) is 0 Å². The Hall–Kier alpha value is -1.99. The van der Waals surface area contributed by atoms with E-state index in [0.717, 1.165) is 6.42 Å². The van der Waals surface area contributed by atoms with E-state index in [2.05, 4.69) is 72.8 Å².